The van der Waals surface area contributed by atoms with Crippen molar-refractivity contribution < 1.29 is 4.74 Å². The summed E-state index contributed by atoms with van der Waals surface area (Å²) in [5.41, 5.74) is -0.168. The molecule has 1 heterocycles. The molecule has 0 spiro atoms. The summed E-state index contributed by atoms with van der Waals surface area (Å²) in [4.78, 5) is 17.2. The first-order chi connectivity index (χ1) is 6.84. The Labute approximate surface area is 82.3 Å². The second-order valence-electron chi connectivity index (χ2n) is 3.68. The molecule has 1 aromatic heterocycles. The van der Waals surface area contributed by atoms with Crippen LogP contribution in [0.2, 0.25) is 0 Å². The molecule has 0 atom stereocenters. The summed E-state index contributed by atoms with van der Waals surface area (Å²) in [6.07, 6.45) is 6.45. The van der Waals surface area contributed by atoms with Crippen LogP contribution in [0.5, 0.6) is 5.88 Å². The molecule has 0 bridgehead atoms. The Morgan fingerprint density at radius 2 is 2.43 bits per heavy atom. The monoisotopic (exact) mass is 194 g/mol. The molecular weight excluding hydrogens is 180 g/mol. The van der Waals surface area contributed by atoms with Gasteiger partial charge < -0.3 is 9.72 Å². The van der Waals surface area contributed by atoms with E-state index in [4.69, 9.17) is 4.74 Å². The van der Waals surface area contributed by atoms with Crippen LogP contribution in [-0.4, -0.2) is 16.6 Å². The Balaban J connectivity index is 1.76. The molecule has 1 aliphatic carbocycles. The third-order valence-electron chi connectivity index (χ3n) is 2.65. The minimum absolute atomic E-state index is 0.168. The highest BCUT2D eigenvalue weighted by Gasteiger charge is 2.16. The Hall–Kier alpha value is -1.32. The molecule has 0 saturated heterocycles. The summed E-state index contributed by atoms with van der Waals surface area (Å²) >= 11 is 0. The lowest BCUT2D eigenvalue weighted by Crippen LogP contribution is -2.15. The smallest absolute Gasteiger partial charge is 0.254 e. The Morgan fingerprint density at radius 3 is 3.07 bits per heavy atom. The Kier molecular flexibility index (Phi) is 2.81. The van der Waals surface area contributed by atoms with Gasteiger partial charge in [-0.15, -0.1) is 0 Å². The largest absolute Gasteiger partial charge is 0.477 e. The van der Waals surface area contributed by atoms with Crippen LogP contribution in [0.3, 0.4) is 0 Å². The van der Waals surface area contributed by atoms with E-state index in [1.54, 1.807) is 0 Å². The van der Waals surface area contributed by atoms with Gasteiger partial charge in [-0.1, -0.05) is 19.3 Å². The van der Waals surface area contributed by atoms with Crippen LogP contribution in [0.4, 0.5) is 0 Å². The number of ether oxygens (including phenoxy) is 1. The van der Waals surface area contributed by atoms with E-state index in [0.717, 1.165) is 12.3 Å². The predicted molar refractivity (Wildman–Crippen MR) is 52.3 cm³/mol. The van der Waals surface area contributed by atoms with Crippen LogP contribution < -0.4 is 10.3 Å². The third kappa shape index (κ3) is 2.34. The molecule has 2 rings (SSSR count). The van der Waals surface area contributed by atoms with E-state index in [1.807, 2.05) is 0 Å². The average Bonchev–Trinajstić information content (AvgIpc) is 2.09. The topological polar surface area (TPSA) is 55.0 Å². The van der Waals surface area contributed by atoms with E-state index in [1.165, 1.54) is 31.7 Å². The van der Waals surface area contributed by atoms with E-state index < -0.39 is 0 Å². The molecule has 0 aromatic carbocycles. The van der Waals surface area contributed by atoms with Crippen molar-refractivity contribution in [1.82, 2.24) is 9.97 Å². The van der Waals surface area contributed by atoms with Crippen LogP contribution in [0, 0.1) is 5.92 Å². The first-order valence-electron chi connectivity index (χ1n) is 5.02. The zero-order chi connectivity index (χ0) is 9.80. The van der Waals surface area contributed by atoms with Gasteiger partial charge in [0.15, 0.2) is 0 Å². The molecule has 1 N–H and O–H groups in total. The molecule has 1 aliphatic rings. The van der Waals surface area contributed by atoms with Gasteiger partial charge in [0.25, 0.3) is 5.56 Å². The van der Waals surface area contributed by atoms with Crippen LogP contribution in [0.25, 0.3) is 0 Å². The lowest BCUT2D eigenvalue weighted by molar-refractivity contribution is 0.217. The molecule has 1 fully saturated rings. The van der Waals surface area contributed by atoms with E-state index in [9.17, 15) is 4.79 Å². The van der Waals surface area contributed by atoms with E-state index in [0.29, 0.717) is 12.5 Å². The zero-order valence-corrected chi connectivity index (χ0v) is 8.03. The lowest BCUT2D eigenvalue weighted by atomic mass is 9.83. The fraction of sp³-hybridized carbons (Fsp3) is 0.600. The van der Waals surface area contributed by atoms with Gasteiger partial charge in [-0.05, 0) is 12.3 Å². The number of hydrogen-bond donors (Lipinski definition) is 1. The molecule has 0 radical (unpaired) electrons. The van der Waals surface area contributed by atoms with Gasteiger partial charge in [-0.2, -0.15) is 0 Å². The van der Waals surface area contributed by atoms with Crippen molar-refractivity contribution in [1.29, 1.82) is 0 Å². The summed E-state index contributed by atoms with van der Waals surface area (Å²) < 4.78 is 5.36. The number of nitrogens with zero attached hydrogens (tertiary/aromatic N) is 1. The number of aromatic amines is 1. The van der Waals surface area contributed by atoms with Crippen molar-refractivity contribution in [3.05, 3.63) is 22.7 Å². The minimum Gasteiger partial charge on any atom is -0.477 e. The van der Waals surface area contributed by atoms with Gasteiger partial charge in [-0.25, -0.2) is 4.98 Å². The Morgan fingerprint density at radius 1 is 1.57 bits per heavy atom. The number of H-pyrrole nitrogens is 1. The van der Waals surface area contributed by atoms with Crippen molar-refractivity contribution in [3.8, 4) is 5.88 Å². The van der Waals surface area contributed by atoms with Gasteiger partial charge in [0.1, 0.15) is 0 Å². The average molecular weight is 194 g/mol. The van der Waals surface area contributed by atoms with Crippen LogP contribution in [0.15, 0.2) is 17.2 Å². The Bertz CT molecular complexity index is 344. The van der Waals surface area contributed by atoms with Crippen LogP contribution in [-0.2, 0) is 0 Å². The number of nitrogens with one attached hydrogen (secondary N) is 1. The highest BCUT2D eigenvalue weighted by atomic mass is 16.5. The third-order valence-corrected chi connectivity index (χ3v) is 2.65. The van der Waals surface area contributed by atoms with Gasteiger partial charge in [0, 0.05) is 0 Å². The normalized spacial score (nSPS) is 16.3. The molecular formula is C10H14N2O2. The van der Waals surface area contributed by atoms with Gasteiger partial charge in [-0.3, -0.25) is 4.79 Å². The van der Waals surface area contributed by atoms with Crippen molar-refractivity contribution in [2.75, 3.05) is 6.61 Å². The maximum Gasteiger partial charge on any atom is 0.254 e. The quantitative estimate of drug-likeness (QED) is 0.786. The van der Waals surface area contributed by atoms with Crippen LogP contribution in [0.1, 0.15) is 25.7 Å². The molecule has 76 valence electrons. The minimum atomic E-state index is -0.168. The second-order valence-corrected chi connectivity index (χ2v) is 3.68. The molecule has 0 unspecified atom stereocenters. The van der Waals surface area contributed by atoms with E-state index >= 15 is 0 Å². The second kappa shape index (κ2) is 4.26. The van der Waals surface area contributed by atoms with E-state index in [-0.39, 0.29) is 5.56 Å². The molecule has 0 amide bonds. The standard InChI is InChI=1S/C10H14N2O2/c13-9-6-10(12-7-11-9)14-5-4-8-2-1-3-8/h6-8H,1-5H2,(H,11,12,13). The summed E-state index contributed by atoms with van der Waals surface area (Å²) in [5, 5.41) is 0. The maximum atomic E-state index is 10.9. The summed E-state index contributed by atoms with van der Waals surface area (Å²) in [6.45, 7) is 0.668. The zero-order valence-electron chi connectivity index (χ0n) is 8.03. The fourth-order valence-electron chi connectivity index (χ4n) is 1.54. The van der Waals surface area contributed by atoms with Crippen molar-refractivity contribution in [2.45, 2.75) is 25.7 Å². The van der Waals surface area contributed by atoms with Gasteiger partial charge in [0.05, 0.1) is 19.0 Å². The fourth-order valence-corrected chi connectivity index (χ4v) is 1.54. The summed E-state index contributed by atoms with van der Waals surface area (Å²) in [5.74, 6) is 1.25. The SMILES string of the molecule is O=c1cc(OCCC2CCC2)nc[nH]1. The molecule has 1 saturated carbocycles. The first-order valence-corrected chi connectivity index (χ1v) is 5.02. The van der Waals surface area contributed by atoms with Gasteiger partial charge in [0.2, 0.25) is 5.88 Å². The van der Waals surface area contributed by atoms with E-state index in [2.05, 4.69) is 9.97 Å². The highest BCUT2D eigenvalue weighted by molar-refractivity contribution is 5.04. The van der Waals surface area contributed by atoms with Gasteiger partial charge >= 0.3 is 0 Å². The molecule has 4 heteroatoms. The number of aromatic nitrogens is 2. The van der Waals surface area contributed by atoms with Crippen molar-refractivity contribution in [3.63, 3.8) is 0 Å². The maximum absolute atomic E-state index is 10.9. The van der Waals surface area contributed by atoms with Crippen molar-refractivity contribution in [2.24, 2.45) is 5.92 Å². The highest BCUT2D eigenvalue weighted by Crippen LogP contribution is 2.29. The number of hydrogen-bond acceptors (Lipinski definition) is 3. The lowest BCUT2D eigenvalue weighted by Gasteiger charge is -2.24. The van der Waals surface area contributed by atoms with Crippen molar-refractivity contribution >= 4 is 0 Å². The van der Waals surface area contributed by atoms with Crippen LogP contribution >= 0.6 is 0 Å². The summed E-state index contributed by atoms with van der Waals surface area (Å²) in [6, 6.07) is 1.38. The molecule has 1 aromatic rings. The molecule has 14 heavy (non-hydrogen) atoms. The predicted octanol–water partition coefficient (Wildman–Crippen LogP) is 1.34. The summed E-state index contributed by atoms with van der Waals surface area (Å²) in [7, 11) is 0. The number of rotatable bonds is 4. The molecule has 0 aliphatic heterocycles. The first kappa shape index (κ1) is 9.24. The molecule has 4 nitrogen and oxygen atoms in total.